The van der Waals surface area contributed by atoms with Gasteiger partial charge in [0.2, 0.25) is 5.95 Å². The highest BCUT2D eigenvalue weighted by Gasteiger charge is 2.26. The molecule has 0 fully saturated rings. The average molecular weight is 613 g/mol. The van der Waals surface area contributed by atoms with Gasteiger partial charge in [0.1, 0.15) is 6.33 Å². The van der Waals surface area contributed by atoms with Gasteiger partial charge in [-0.2, -0.15) is 9.97 Å². The Bertz CT molecular complexity index is 2700. The highest BCUT2D eigenvalue weighted by Crippen LogP contribution is 2.51. The van der Waals surface area contributed by atoms with E-state index in [1.54, 1.807) is 17.7 Å². The summed E-state index contributed by atoms with van der Waals surface area (Å²) in [7, 11) is 0. The Hall–Kier alpha value is -5.57. The first-order valence-corrected chi connectivity index (χ1v) is 16.2. The number of aromatic nitrogens is 6. The van der Waals surface area contributed by atoms with Gasteiger partial charge in [0, 0.05) is 53.7 Å². The SMILES string of the molecule is c1ccc(-c2nc(-c3ccccc3)nc(-n3c4ccccc4c4c5sc6cncnc6c5c5c6ccccc6sc5c43)n2)cc1. The number of thiophene rings is 2. The van der Waals surface area contributed by atoms with Crippen LogP contribution in [0.25, 0.3) is 91.0 Å². The van der Waals surface area contributed by atoms with Gasteiger partial charge in [-0.3, -0.25) is 4.57 Å². The molecule has 0 aliphatic rings. The maximum absolute atomic E-state index is 5.18. The molecule has 45 heavy (non-hydrogen) atoms. The lowest BCUT2D eigenvalue weighted by molar-refractivity contribution is 0.955. The summed E-state index contributed by atoms with van der Waals surface area (Å²) in [6.45, 7) is 0. The summed E-state index contributed by atoms with van der Waals surface area (Å²) in [5, 5.41) is 5.97. The fourth-order valence-corrected chi connectivity index (χ4v) is 8.95. The first-order chi connectivity index (χ1) is 22.3. The van der Waals surface area contributed by atoms with E-state index in [1.807, 2.05) is 78.2 Å². The Morgan fingerprint density at radius 3 is 1.93 bits per heavy atom. The molecule has 5 aromatic carbocycles. The van der Waals surface area contributed by atoms with Gasteiger partial charge >= 0.3 is 0 Å². The minimum absolute atomic E-state index is 0.591. The minimum Gasteiger partial charge on any atom is -0.276 e. The zero-order valence-electron chi connectivity index (χ0n) is 23.5. The summed E-state index contributed by atoms with van der Waals surface area (Å²) in [6, 6.07) is 37.5. The van der Waals surface area contributed by atoms with Gasteiger partial charge in [-0.05, 0) is 12.1 Å². The topological polar surface area (TPSA) is 69.4 Å². The third kappa shape index (κ3) is 3.58. The van der Waals surface area contributed by atoms with Crippen LogP contribution in [0.5, 0.6) is 0 Å². The first kappa shape index (κ1) is 24.8. The van der Waals surface area contributed by atoms with E-state index in [9.17, 15) is 0 Å². The number of rotatable bonds is 3. The van der Waals surface area contributed by atoms with Crippen molar-refractivity contribution in [3.05, 3.63) is 122 Å². The van der Waals surface area contributed by atoms with Crippen molar-refractivity contribution in [3.63, 3.8) is 0 Å². The second-order valence-electron chi connectivity index (χ2n) is 10.9. The molecule has 8 heteroatoms. The van der Waals surface area contributed by atoms with E-state index in [0.29, 0.717) is 17.6 Å². The molecule has 10 rings (SSSR count). The number of hydrogen-bond donors (Lipinski definition) is 0. The van der Waals surface area contributed by atoms with Gasteiger partial charge in [0.15, 0.2) is 11.6 Å². The summed E-state index contributed by atoms with van der Waals surface area (Å²) in [5.74, 6) is 1.86. The largest absolute Gasteiger partial charge is 0.276 e. The van der Waals surface area contributed by atoms with Crippen LogP contribution in [0.2, 0.25) is 0 Å². The molecule has 10 aromatic rings. The van der Waals surface area contributed by atoms with Crippen LogP contribution in [0.15, 0.2) is 122 Å². The van der Waals surface area contributed by atoms with Gasteiger partial charge in [-0.15, -0.1) is 22.7 Å². The molecular weight excluding hydrogens is 593 g/mol. The van der Waals surface area contributed by atoms with Crippen molar-refractivity contribution in [2.75, 3.05) is 0 Å². The number of fused-ring (bicyclic) bond motifs is 12. The molecule has 0 saturated heterocycles. The zero-order chi connectivity index (χ0) is 29.5. The molecule has 210 valence electrons. The van der Waals surface area contributed by atoms with E-state index >= 15 is 0 Å². The molecule has 0 radical (unpaired) electrons. The lowest BCUT2D eigenvalue weighted by Crippen LogP contribution is -2.06. The van der Waals surface area contributed by atoms with Crippen molar-refractivity contribution < 1.29 is 0 Å². The second kappa shape index (κ2) is 9.46. The van der Waals surface area contributed by atoms with E-state index in [4.69, 9.17) is 19.9 Å². The quantitative estimate of drug-likeness (QED) is 0.199. The van der Waals surface area contributed by atoms with Crippen molar-refractivity contribution >= 4 is 85.0 Å². The third-order valence-corrected chi connectivity index (χ3v) is 10.7. The minimum atomic E-state index is 0.591. The van der Waals surface area contributed by atoms with Crippen LogP contribution in [0, 0.1) is 0 Å². The maximum atomic E-state index is 5.18. The predicted octanol–water partition coefficient (Wildman–Crippen LogP) is 9.83. The van der Waals surface area contributed by atoms with Gasteiger partial charge < -0.3 is 0 Å². The second-order valence-corrected chi connectivity index (χ2v) is 13.0. The Morgan fingerprint density at radius 2 is 1.18 bits per heavy atom. The van der Waals surface area contributed by atoms with Gasteiger partial charge in [0.05, 0.1) is 25.9 Å². The van der Waals surface area contributed by atoms with Gasteiger partial charge in [-0.25, -0.2) is 15.0 Å². The smallest absolute Gasteiger partial charge is 0.238 e. The van der Waals surface area contributed by atoms with Crippen LogP contribution in [0.3, 0.4) is 0 Å². The predicted molar refractivity (Wildman–Crippen MR) is 186 cm³/mol. The maximum Gasteiger partial charge on any atom is 0.238 e. The van der Waals surface area contributed by atoms with Crippen LogP contribution in [0.1, 0.15) is 0 Å². The number of benzene rings is 5. The molecule has 0 aliphatic heterocycles. The number of nitrogens with zero attached hydrogens (tertiary/aromatic N) is 6. The Balaban J connectivity index is 1.44. The molecule has 0 atom stereocenters. The van der Waals surface area contributed by atoms with Crippen LogP contribution in [-0.4, -0.2) is 29.5 Å². The van der Waals surface area contributed by atoms with Crippen molar-refractivity contribution in [2.45, 2.75) is 0 Å². The zero-order valence-corrected chi connectivity index (χ0v) is 25.2. The molecule has 0 aliphatic carbocycles. The van der Waals surface area contributed by atoms with E-state index in [2.05, 4.69) is 58.1 Å². The lowest BCUT2D eigenvalue weighted by Gasteiger charge is -2.11. The van der Waals surface area contributed by atoms with E-state index in [0.717, 1.165) is 37.8 Å². The van der Waals surface area contributed by atoms with Gasteiger partial charge in [-0.1, -0.05) is 97.1 Å². The van der Waals surface area contributed by atoms with Crippen LogP contribution >= 0.6 is 22.7 Å². The summed E-state index contributed by atoms with van der Waals surface area (Å²) < 4.78 is 6.95. The number of para-hydroxylation sites is 1. The summed E-state index contributed by atoms with van der Waals surface area (Å²) in [6.07, 6.45) is 3.59. The summed E-state index contributed by atoms with van der Waals surface area (Å²) >= 11 is 3.57. The van der Waals surface area contributed by atoms with Gasteiger partial charge in [0.25, 0.3) is 0 Å². The fraction of sp³-hybridized carbons (Fsp3) is 0. The fourth-order valence-electron chi connectivity index (χ4n) is 6.51. The molecule has 6 nitrogen and oxygen atoms in total. The molecule has 5 heterocycles. The van der Waals surface area contributed by atoms with Crippen LogP contribution in [0.4, 0.5) is 0 Å². The van der Waals surface area contributed by atoms with Crippen molar-refractivity contribution in [1.29, 1.82) is 0 Å². The summed E-state index contributed by atoms with van der Waals surface area (Å²) in [4.78, 5) is 24.5. The van der Waals surface area contributed by atoms with Crippen molar-refractivity contribution in [3.8, 4) is 28.7 Å². The normalized spacial score (nSPS) is 12.0. The molecule has 0 saturated carbocycles. The summed E-state index contributed by atoms with van der Waals surface area (Å²) in [5.41, 5.74) is 5.03. The Morgan fingerprint density at radius 1 is 0.533 bits per heavy atom. The highest BCUT2D eigenvalue weighted by atomic mass is 32.1. The molecule has 0 N–H and O–H groups in total. The molecular formula is C37H20N6S2. The molecule has 0 amide bonds. The standard InChI is InChI=1S/C37H20N6S2/c1-3-11-21(12-4-1)35-40-36(22-13-5-2-6-14-22)42-37(41-35)43-25-17-9-7-15-23(25)29-32(43)34-28(24-16-8-10-18-26(24)44-34)30-31-27(45-33(29)30)19-38-20-39-31/h1-20H. The monoisotopic (exact) mass is 612 g/mol. The molecule has 0 spiro atoms. The van der Waals surface area contributed by atoms with E-state index in [1.165, 1.54) is 35.6 Å². The third-order valence-electron chi connectivity index (χ3n) is 8.40. The van der Waals surface area contributed by atoms with E-state index in [-0.39, 0.29) is 0 Å². The lowest BCUT2D eigenvalue weighted by atomic mass is 10.0. The highest BCUT2D eigenvalue weighted by molar-refractivity contribution is 7.29. The van der Waals surface area contributed by atoms with Crippen LogP contribution < -0.4 is 0 Å². The number of hydrogen-bond acceptors (Lipinski definition) is 7. The Kier molecular flexibility index (Phi) is 5.22. The van der Waals surface area contributed by atoms with Crippen molar-refractivity contribution in [1.82, 2.24) is 29.5 Å². The molecule has 0 bridgehead atoms. The average Bonchev–Trinajstić information content (AvgIpc) is 3.78. The van der Waals surface area contributed by atoms with Crippen LogP contribution in [-0.2, 0) is 0 Å². The first-order valence-electron chi connectivity index (χ1n) is 14.6. The van der Waals surface area contributed by atoms with Crippen molar-refractivity contribution in [2.24, 2.45) is 0 Å². The van der Waals surface area contributed by atoms with E-state index < -0.39 is 0 Å². The molecule has 0 unspecified atom stereocenters. The molecule has 5 aromatic heterocycles. The Labute approximate surface area is 263 Å².